The van der Waals surface area contributed by atoms with Gasteiger partial charge in [0.1, 0.15) is 11.4 Å². The fourth-order valence-corrected chi connectivity index (χ4v) is 3.13. The number of carbonyl (C=O) groups excluding carboxylic acids is 1. The van der Waals surface area contributed by atoms with Gasteiger partial charge in [-0.15, -0.1) is 0 Å². The van der Waals surface area contributed by atoms with Crippen molar-refractivity contribution in [3.8, 4) is 28.6 Å². The maximum absolute atomic E-state index is 13.1. The molecular formula is C24H22N4O3. The van der Waals surface area contributed by atoms with Gasteiger partial charge in [0.2, 0.25) is 5.88 Å². The van der Waals surface area contributed by atoms with Gasteiger partial charge in [-0.25, -0.2) is 9.67 Å². The first-order chi connectivity index (χ1) is 15.2. The van der Waals surface area contributed by atoms with Crippen molar-refractivity contribution in [2.75, 3.05) is 14.2 Å². The molecule has 1 amide bonds. The van der Waals surface area contributed by atoms with Crippen molar-refractivity contribution >= 4 is 5.91 Å². The number of methoxy groups -OCH3 is 2. The van der Waals surface area contributed by atoms with E-state index in [4.69, 9.17) is 14.6 Å². The summed E-state index contributed by atoms with van der Waals surface area (Å²) in [5, 5.41) is 7.64. The molecule has 1 N–H and O–H groups in total. The summed E-state index contributed by atoms with van der Waals surface area (Å²) in [4.78, 5) is 17.2. The van der Waals surface area contributed by atoms with Crippen LogP contribution in [0.25, 0.3) is 16.9 Å². The molecule has 0 saturated carbocycles. The van der Waals surface area contributed by atoms with Crippen LogP contribution >= 0.6 is 0 Å². The molecule has 2 aromatic heterocycles. The van der Waals surface area contributed by atoms with E-state index in [0.29, 0.717) is 23.7 Å². The van der Waals surface area contributed by atoms with Crippen molar-refractivity contribution in [1.29, 1.82) is 0 Å². The van der Waals surface area contributed by atoms with Gasteiger partial charge >= 0.3 is 0 Å². The minimum Gasteiger partial charge on any atom is -0.497 e. The van der Waals surface area contributed by atoms with Crippen LogP contribution in [0.2, 0.25) is 0 Å². The second-order valence-electron chi connectivity index (χ2n) is 6.79. The number of aromatic nitrogens is 3. The second kappa shape index (κ2) is 9.13. The molecule has 0 saturated heterocycles. The number of hydrogen-bond acceptors (Lipinski definition) is 5. The zero-order valence-corrected chi connectivity index (χ0v) is 17.3. The van der Waals surface area contributed by atoms with Crippen LogP contribution < -0.4 is 14.8 Å². The average molecular weight is 414 g/mol. The number of amides is 1. The Balaban J connectivity index is 1.63. The molecule has 7 heteroatoms. The molecule has 4 aromatic rings. The SMILES string of the molecule is COc1ccc(-c2nn(-c3ccccc3)cc2C(=O)NCc2ccc(OC)nc2)cc1. The number of carbonyl (C=O) groups is 1. The van der Waals surface area contributed by atoms with E-state index in [1.165, 1.54) is 0 Å². The van der Waals surface area contributed by atoms with E-state index in [2.05, 4.69) is 10.3 Å². The van der Waals surface area contributed by atoms with Crippen LogP contribution in [0.5, 0.6) is 11.6 Å². The van der Waals surface area contributed by atoms with E-state index in [-0.39, 0.29) is 5.91 Å². The minimum absolute atomic E-state index is 0.219. The molecule has 0 atom stereocenters. The lowest BCUT2D eigenvalue weighted by Crippen LogP contribution is -2.23. The molecule has 156 valence electrons. The molecule has 4 rings (SSSR count). The molecule has 0 spiro atoms. The van der Waals surface area contributed by atoms with Gasteiger partial charge in [0, 0.05) is 30.6 Å². The lowest BCUT2D eigenvalue weighted by atomic mass is 10.1. The van der Waals surface area contributed by atoms with Gasteiger partial charge in [-0.1, -0.05) is 24.3 Å². The third kappa shape index (κ3) is 4.56. The standard InChI is InChI=1S/C24H22N4O3/c1-30-20-11-9-18(10-12-20)23-21(16-28(27-23)19-6-4-3-5-7-19)24(29)26-15-17-8-13-22(31-2)25-14-17/h3-14,16H,15H2,1-2H3,(H,26,29). The molecule has 0 aliphatic heterocycles. The first-order valence-electron chi connectivity index (χ1n) is 9.74. The Hall–Kier alpha value is -4.13. The molecule has 2 aromatic carbocycles. The summed E-state index contributed by atoms with van der Waals surface area (Å²) in [5.41, 5.74) is 3.64. The third-order valence-corrected chi connectivity index (χ3v) is 4.80. The molecule has 0 aliphatic carbocycles. The van der Waals surface area contributed by atoms with E-state index >= 15 is 0 Å². The Morgan fingerprint density at radius 1 is 0.968 bits per heavy atom. The monoisotopic (exact) mass is 414 g/mol. The highest BCUT2D eigenvalue weighted by Crippen LogP contribution is 2.26. The van der Waals surface area contributed by atoms with Crippen LogP contribution in [0.3, 0.4) is 0 Å². The Morgan fingerprint density at radius 3 is 2.39 bits per heavy atom. The van der Waals surface area contributed by atoms with Crippen LogP contribution in [0.1, 0.15) is 15.9 Å². The smallest absolute Gasteiger partial charge is 0.255 e. The van der Waals surface area contributed by atoms with E-state index in [1.807, 2.05) is 60.7 Å². The van der Waals surface area contributed by atoms with Gasteiger partial charge in [0.05, 0.1) is 25.5 Å². The van der Waals surface area contributed by atoms with Crippen LogP contribution in [0.15, 0.2) is 79.1 Å². The van der Waals surface area contributed by atoms with Crippen molar-refractivity contribution < 1.29 is 14.3 Å². The van der Waals surface area contributed by atoms with Gasteiger partial charge in [-0.05, 0) is 42.0 Å². The maximum Gasteiger partial charge on any atom is 0.255 e. The van der Waals surface area contributed by atoms with Crippen LogP contribution in [-0.4, -0.2) is 34.9 Å². The minimum atomic E-state index is -0.219. The molecule has 7 nitrogen and oxygen atoms in total. The Kier molecular flexibility index (Phi) is 5.93. The highest BCUT2D eigenvalue weighted by Gasteiger charge is 2.19. The van der Waals surface area contributed by atoms with Gasteiger partial charge < -0.3 is 14.8 Å². The lowest BCUT2D eigenvalue weighted by Gasteiger charge is -2.07. The summed E-state index contributed by atoms with van der Waals surface area (Å²) in [6, 6.07) is 20.8. The molecule has 31 heavy (non-hydrogen) atoms. The lowest BCUT2D eigenvalue weighted by molar-refractivity contribution is 0.0951. The fraction of sp³-hybridized carbons (Fsp3) is 0.125. The highest BCUT2D eigenvalue weighted by atomic mass is 16.5. The number of hydrogen-bond donors (Lipinski definition) is 1. The number of para-hydroxylation sites is 1. The fourth-order valence-electron chi connectivity index (χ4n) is 3.13. The number of nitrogens with zero attached hydrogens (tertiary/aromatic N) is 3. The number of rotatable bonds is 7. The van der Waals surface area contributed by atoms with Crippen LogP contribution in [-0.2, 0) is 6.54 Å². The van der Waals surface area contributed by atoms with Gasteiger partial charge in [0.25, 0.3) is 5.91 Å². The summed E-state index contributed by atoms with van der Waals surface area (Å²) in [5.74, 6) is 1.05. The number of benzene rings is 2. The summed E-state index contributed by atoms with van der Waals surface area (Å²) in [6.07, 6.45) is 3.42. The maximum atomic E-state index is 13.1. The third-order valence-electron chi connectivity index (χ3n) is 4.80. The van der Waals surface area contributed by atoms with E-state index in [9.17, 15) is 4.79 Å². The second-order valence-corrected chi connectivity index (χ2v) is 6.79. The number of ether oxygens (including phenoxy) is 2. The molecule has 0 aliphatic rings. The van der Waals surface area contributed by atoms with Crippen molar-refractivity contribution in [2.24, 2.45) is 0 Å². The van der Waals surface area contributed by atoms with Gasteiger partial charge in [0.15, 0.2) is 0 Å². The zero-order chi connectivity index (χ0) is 21.6. The summed E-state index contributed by atoms with van der Waals surface area (Å²) in [7, 11) is 3.18. The predicted octanol–water partition coefficient (Wildman–Crippen LogP) is 3.88. The predicted molar refractivity (Wildman–Crippen MR) is 118 cm³/mol. The van der Waals surface area contributed by atoms with Crippen molar-refractivity contribution in [3.63, 3.8) is 0 Å². The summed E-state index contributed by atoms with van der Waals surface area (Å²) >= 11 is 0. The molecule has 0 radical (unpaired) electrons. The summed E-state index contributed by atoms with van der Waals surface area (Å²) in [6.45, 7) is 0.342. The Labute approximate surface area is 180 Å². The van der Waals surface area contributed by atoms with Gasteiger partial charge in [-0.3, -0.25) is 4.79 Å². The van der Waals surface area contributed by atoms with Crippen LogP contribution in [0, 0.1) is 0 Å². The topological polar surface area (TPSA) is 78.3 Å². The molecule has 0 fully saturated rings. The molecule has 0 bridgehead atoms. The average Bonchev–Trinajstić information content (AvgIpc) is 3.29. The largest absolute Gasteiger partial charge is 0.497 e. The van der Waals surface area contributed by atoms with Crippen molar-refractivity contribution in [3.05, 3.63) is 90.3 Å². The first-order valence-corrected chi connectivity index (χ1v) is 9.74. The Bertz CT molecular complexity index is 1150. The van der Waals surface area contributed by atoms with Gasteiger partial charge in [-0.2, -0.15) is 5.10 Å². The molecule has 2 heterocycles. The quantitative estimate of drug-likeness (QED) is 0.497. The van der Waals surface area contributed by atoms with Crippen LogP contribution in [0.4, 0.5) is 0 Å². The van der Waals surface area contributed by atoms with E-state index < -0.39 is 0 Å². The number of nitrogens with one attached hydrogen (secondary N) is 1. The normalized spacial score (nSPS) is 10.5. The van der Waals surface area contributed by atoms with Crippen molar-refractivity contribution in [1.82, 2.24) is 20.1 Å². The Morgan fingerprint density at radius 2 is 1.74 bits per heavy atom. The first kappa shape index (κ1) is 20.2. The van der Waals surface area contributed by atoms with E-state index in [0.717, 1.165) is 22.6 Å². The molecule has 0 unspecified atom stereocenters. The van der Waals surface area contributed by atoms with Crippen molar-refractivity contribution in [2.45, 2.75) is 6.54 Å². The molecular weight excluding hydrogens is 392 g/mol. The van der Waals surface area contributed by atoms with E-state index in [1.54, 1.807) is 37.4 Å². The zero-order valence-electron chi connectivity index (χ0n) is 17.3. The number of pyridine rings is 1. The summed E-state index contributed by atoms with van der Waals surface area (Å²) < 4.78 is 12.0. The highest BCUT2D eigenvalue weighted by molar-refractivity contribution is 5.99.